The van der Waals surface area contributed by atoms with E-state index in [0.29, 0.717) is 10.0 Å². The number of hydrogen-bond donors (Lipinski definition) is 2. The van der Waals surface area contributed by atoms with Crippen molar-refractivity contribution in [2.24, 2.45) is 5.73 Å². The minimum absolute atomic E-state index is 0. The molecule has 0 amide bonds. The molecule has 0 saturated heterocycles. The second-order valence-corrected chi connectivity index (χ2v) is 3.62. The van der Waals surface area contributed by atoms with Crippen LogP contribution in [0.1, 0.15) is 17.2 Å². The van der Waals surface area contributed by atoms with Gasteiger partial charge in [0.05, 0.1) is 22.1 Å². The van der Waals surface area contributed by atoms with Gasteiger partial charge in [-0.15, -0.1) is 12.4 Å². The third-order valence-electron chi connectivity index (χ3n) is 1.79. The lowest BCUT2D eigenvalue weighted by Gasteiger charge is -2.11. The summed E-state index contributed by atoms with van der Waals surface area (Å²) in [7, 11) is 0. The van der Waals surface area contributed by atoms with Crippen LogP contribution in [0.15, 0.2) is 16.6 Å². The highest BCUT2D eigenvalue weighted by molar-refractivity contribution is 9.10. The summed E-state index contributed by atoms with van der Waals surface area (Å²) in [4.78, 5) is 0. The van der Waals surface area contributed by atoms with Crippen LogP contribution in [-0.4, -0.2) is 11.8 Å². The first-order valence-electron chi connectivity index (χ1n) is 3.84. The molecule has 0 saturated carbocycles. The fourth-order valence-electron chi connectivity index (χ4n) is 1.05. The maximum atomic E-state index is 12.3. The zero-order valence-corrected chi connectivity index (χ0v) is 9.98. The average Bonchev–Trinajstić information content (AvgIpc) is 2.20. The van der Waals surface area contributed by atoms with Crippen molar-refractivity contribution in [2.75, 3.05) is 6.67 Å². The molecule has 0 spiro atoms. The quantitative estimate of drug-likeness (QED) is 0.880. The summed E-state index contributed by atoms with van der Waals surface area (Å²) < 4.78 is 12.6. The van der Waals surface area contributed by atoms with Crippen molar-refractivity contribution in [3.8, 4) is 11.8 Å². The first-order valence-corrected chi connectivity index (χ1v) is 4.63. The van der Waals surface area contributed by atoms with E-state index in [-0.39, 0.29) is 23.7 Å². The van der Waals surface area contributed by atoms with Gasteiger partial charge < -0.3 is 10.8 Å². The number of benzene rings is 1. The van der Waals surface area contributed by atoms with Crippen LogP contribution in [-0.2, 0) is 0 Å². The molecule has 1 aromatic carbocycles. The van der Waals surface area contributed by atoms with E-state index in [1.807, 2.05) is 6.07 Å². The van der Waals surface area contributed by atoms with Crippen LogP contribution in [0.3, 0.4) is 0 Å². The highest BCUT2D eigenvalue weighted by Crippen LogP contribution is 2.32. The number of phenols is 1. The lowest BCUT2D eigenvalue weighted by molar-refractivity contribution is 0.413. The molecule has 1 atom stereocenters. The number of nitrogens with two attached hydrogens (primary N) is 1. The van der Waals surface area contributed by atoms with Crippen LogP contribution >= 0.6 is 28.3 Å². The predicted octanol–water partition coefficient (Wildman–Crippen LogP) is 2.42. The molecule has 1 aromatic rings. The molecule has 3 N–H and O–H groups in total. The van der Waals surface area contributed by atoms with Gasteiger partial charge in [-0.25, -0.2) is 4.39 Å². The van der Waals surface area contributed by atoms with Crippen LogP contribution in [0.4, 0.5) is 4.39 Å². The van der Waals surface area contributed by atoms with Gasteiger partial charge in [0.1, 0.15) is 12.4 Å². The third-order valence-corrected chi connectivity index (χ3v) is 2.39. The SMILES string of the molecule is Cl.N#Cc1cc(Br)c(O)c([C@@H](N)CF)c1. The minimum Gasteiger partial charge on any atom is -0.506 e. The molecule has 3 nitrogen and oxygen atoms in total. The average molecular weight is 296 g/mol. The van der Waals surface area contributed by atoms with Gasteiger partial charge in [-0.1, -0.05) is 0 Å². The van der Waals surface area contributed by atoms with Gasteiger partial charge >= 0.3 is 0 Å². The molecule has 0 radical (unpaired) electrons. The molecule has 15 heavy (non-hydrogen) atoms. The summed E-state index contributed by atoms with van der Waals surface area (Å²) >= 11 is 3.06. The van der Waals surface area contributed by atoms with Crippen LogP contribution in [0, 0.1) is 11.3 Å². The standard InChI is InChI=1S/C9H8BrFN2O.ClH/c10-7-2-5(4-12)1-6(9(7)14)8(13)3-11;/h1-2,8,14H,3,13H2;1H/t8-;/m0./s1. The minimum atomic E-state index is -0.903. The number of hydrogen-bond acceptors (Lipinski definition) is 3. The van der Waals surface area contributed by atoms with Crippen molar-refractivity contribution >= 4 is 28.3 Å². The first-order chi connectivity index (χ1) is 6.60. The Morgan fingerprint density at radius 2 is 2.20 bits per heavy atom. The van der Waals surface area contributed by atoms with Crippen molar-refractivity contribution < 1.29 is 9.50 Å². The number of halogens is 3. The first kappa shape index (κ1) is 14.2. The lowest BCUT2D eigenvalue weighted by atomic mass is 10.0. The van der Waals surface area contributed by atoms with E-state index in [1.165, 1.54) is 12.1 Å². The van der Waals surface area contributed by atoms with E-state index in [1.54, 1.807) is 0 Å². The largest absolute Gasteiger partial charge is 0.506 e. The van der Waals surface area contributed by atoms with Gasteiger partial charge in [0, 0.05) is 5.56 Å². The monoisotopic (exact) mass is 294 g/mol. The van der Waals surface area contributed by atoms with Gasteiger partial charge in [-0.3, -0.25) is 0 Å². The molecule has 0 aromatic heterocycles. The smallest absolute Gasteiger partial charge is 0.134 e. The molecule has 1 rings (SSSR count). The Hall–Kier alpha value is -0.830. The molecule has 0 aliphatic rings. The molecule has 6 heteroatoms. The summed E-state index contributed by atoms with van der Waals surface area (Å²) in [5.74, 6) is -0.117. The number of aromatic hydroxyl groups is 1. The summed E-state index contributed by atoms with van der Waals surface area (Å²) in [5.41, 5.74) is 5.98. The topological polar surface area (TPSA) is 70.0 Å². The summed E-state index contributed by atoms with van der Waals surface area (Å²) in [6.45, 7) is -0.783. The predicted molar refractivity (Wildman–Crippen MR) is 60.7 cm³/mol. The number of alkyl halides is 1. The van der Waals surface area contributed by atoms with Gasteiger partial charge in [-0.2, -0.15) is 5.26 Å². The summed E-state index contributed by atoms with van der Waals surface area (Å²) in [6, 6.07) is 3.82. The highest BCUT2D eigenvalue weighted by atomic mass is 79.9. The number of nitriles is 1. The van der Waals surface area contributed by atoms with Crippen molar-refractivity contribution in [3.05, 3.63) is 27.7 Å². The summed E-state index contributed by atoms with van der Waals surface area (Å²) in [6.07, 6.45) is 0. The number of nitrogens with zero attached hydrogens (tertiary/aromatic N) is 1. The molecule has 82 valence electrons. The number of phenolic OH excluding ortho intramolecular Hbond substituents is 1. The molecule has 0 bridgehead atoms. The maximum absolute atomic E-state index is 12.3. The van der Waals surface area contributed by atoms with Crippen molar-refractivity contribution in [2.45, 2.75) is 6.04 Å². The zero-order chi connectivity index (χ0) is 10.7. The normalized spacial score (nSPS) is 11.3. The molecular weight excluding hydrogens is 286 g/mol. The molecule has 0 aliphatic heterocycles. The van der Waals surface area contributed by atoms with Gasteiger partial charge in [-0.05, 0) is 28.1 Å². The fourth-order valence-corrected chi connectivity index (χ4v) is 1.53. The van der Waals surface area contributed by atoms with Gasteiger partial charge in [0.2, 0.25) is 0 Å². The van der Waals surface area contributed by atoms with E-state index in [9.17, 15) is 9.50 Å². The maximum Gasteiger partial charge on any atom is 0.134 e. The van der Waals surface area contributed by atoms with Crippen molar-refractivity contribution in [1.29, 1.82) is 5.26 Å². The van der Waals surface area contributed by atoms with E-state index in [0.717, 1.165) is 0 Å². The lowest BCUT2D eigenvalue weighted by Crippen LogP contribution is -2.12. The van der Waals surface area contributed by atoms with Crippen molar-refractivity contribution in [1.82, 2.24) is 0 Å². The van der Waals surface area contributed by atoms with E-state index in [4.69, 9.17) is 11.0 Å². The van der Waals surface area contributed by atoms with E-state index < -0.39 is 12.7 Å². The van der Waals surface area contributed by atoms with Crippen molar-refractivity contribution in [3.63, 3.8) is 0 Å². The van der Waals surface area contributed by atoms with E-state index >= 15 is 0 Å². The molecule has 0 heterocycles. The second-order valence-electron chi connectivity index (χ2n) is 2.77. The summed E-state index contributed by atoms with van der Waals surface area (Å²) in [5, 5.41) is 18.2. The Labute approximate surface area is 101 Å². The van der Waals surface area contributed by atoms with E-state index in [2.05, 4.69) is 15.9 Å². The third kappa shape index (κ3) is 3.06. The Kier molecular flexibility index (Phi) is 5.58. The Bertz CT molecular complexity index is 394. The molecule has 0 fully saturated rings. The molecular formula is C9H9BrClFN2O. The Balaban J connectivity index is 0.00000196. The van der Waals surface area contributed by atoms with Crippen LogP contribution in [0.2, 0.25) is 0 Å². The molecule has 0 unspecified atom stereocenters. The fraction of sp³-hybridized carbons (Fsp3) is 0.222. The Morgan fingerprint density at radius 3 is 2.67 bits per heavy atom. The Morgan fingerprint density at radius 1 is 1.60 bits per heavy atom. The van der Waals surface area contributed by atoms with Crippen LogP contribution < -0.4 is 5.73 Å². The van der Waals surface area contributed by atoms with Crippen LogP contribution in [0.5, 0.6) is 5.75 Å². The van der Waals surface area contributed by atoms with Crippen LogP contribution in [0.25, 0.3) is 0 Å². The van der Waals surface area contributed by atoms with Gasteiger partial charge in [0.25, 0.3) is 0 Å². The molecule has 0 aliphatic carbocycles. The zero-order valence-electron chi connectivity index (χ0n) is 7.58. The van der Waals surface area contributed by atoms with Gasteiger partial charge in [0.15, 0.2) is 0 Å². The highest BCUT2D eigenvalue weighted by Gasteiger charge is 2.14. The number of rotatable bonds is 2. The second kappa shape index (κ2) is 5.91.